The predicted octanol–water partition coefficient (Wildman–Crippen LogP) is 4.04. The van der Waals surface area contributed by atoms with Gasteiger partial charge in [-0.3, -0.25) is 0 Å². The highest BCUT2D eigenvalue weighted by Gasteiger charge is 2.10. The number of benzene rings is 2. The molecule has 0 saturated carbocycles. The molecule has 3 nitrogen and oxygen atoms in total. The molecule has 2 aromatic carbocycles. The summed E-state index contributed by atoms with van der Waals surface area (Å²) >= 11 is 5.98. The normalized spacial score (nSPS) is 11.0. The van der Waals surface area contributed by atoms with Gasteiger partial charge in [-0.2, -0.15) is 0 Å². The van der Waals surface area contributed by atoms with Crippen molar-refractivity contribution in [1.82, 2.24) is 4.98 Å². The van der Waals surface area contributed by atoms with Crippen molar-refractivity contribution in [1.29, 1.82) is 0 Å². The number of nitrogen functional groups attached to an aromatic ring is 1. The molecular weight excluding hydrogens is 248 g/mol. The fraction of sp³-hybridized carbons (Fsp3) is 0.0714. The molecule has 0 amide bonds. The second-order valence-corrected chi connectivity index (χ2v) is 4.65. The van der Waals surface area contributed by atoms with Gasteiger partial charge in [-0.25, -0.2) is 4.98 Å². The number of nitrogens with zero attached hydrogens (tertiary/aromatic N) is 1. The van der Waals surface area contributed by atoms with Crippen LogP contribution in [0.5, 0.6) is 0 Å². The van der Waals surface area contributed by atoms with Gasteiger partial charge >= 0.3 is 0 Å². The third-order valence-corrected chi connectivity index (χ3v) is 3.00. The van der Waals surface area contributed by atoms with Crippen LogP contribution in [0.1, 0.15) is 5.56 Å². The lowest BCUT2D eigenvalue weighted by molar-refractivity contribution is 0.617. The molecule has 0 radical (unpaired) electrons. The highest BCUT2D eigenvalue weighted by molar-refractivity contribution is 6.31. The highest BCUT2D eigenvalue weighted by Crippen LogP contribution is 2.29. The smallest absolute Gasteiger partial charge is 0.227 e. The van der Waals surface area contributed by atoms with Gasteiger partial charge in [0.25, 0.3) is 0 Å². The lowest BCUT2D eigenvalue weighted by Gasteiger charge is -1.99. The summed E-state index contributed by atoms with van der Waals surface area (Å²) in [5.41, 5.74) is 9.84. The molecule has 1 heterocycles. The van der Waals surface area contributed by atoms with E-state index in [1.165, 1.54) is 0 Å². The predicted molar refractivity (Wildman–Crippen MR) is 73.6 cm³/mol. The zero-order chi connectivity index (χ0) is 12.7. The summed E-state index contributed by atoms with van der Waals surface area (Å²) in [7, 11) is 0. The number of oxazole rings is 1. The van der Waals surface area contributed by atoms with Gasteiger partial charge in [-0.05, 0) is 36.8 Å². The fourth-order valence-corrected chi connectivity index (χ4v) is 2.19. The molecule has 0 atom stereocenters. The van der Waals surface area contributed by atoms with Gasteiger partial charge in [-0.1, -0.05) is 23.7 Å². The zero-order valence-electron chi connectivity index (χ0n) is 9.77. The van der Waals surface area contributed by atoms with Crippen molar-refractivity contribution in [3.63, 3.8) is 0 Å². The number of hydrogen-bond donors (Lipinski definition) is 1. The van der Waals surface area contributed by atoms with E-state index in [2.05, 4.69) is 4.98 Å². The van der Waals surface area contributed by atoms with Crippen molar-refractivity contribution in [2.75, 3.05) is 5.73 Å². The van der Waals surface area contributed by atoms with E-state index in [4.69, 9.17) is 21.8 Å². The third kappa shape index (κ3) is 1.83. The zero-order valence-corrected chi connectivity index (χ0v) is 10.5. The number of aromatic nitrogens is 1. The van der Waals surface area contributed by atoms with Crippen LogP contribution in [0.15, 0.2) is 40.8 Å². The molecule has 0 spiro atoms. The highest BCUT2D eigenvalue weighted by atomic mass is 35.5. The number of halogens is 1. The second kappa shape index (κ2) is 4.03. The third-order valence-electron chi connectivity index (χ3n) is 2.78. The maximum Gasteiger partial charge on any atom is 0.227 e. The van der Waals surface area contributed by atoms with Crippen molar-refractivity contribution in [2.24, 2.45) is 0 Å². The van der Waals surface area contributed by atoms with Crippen molar-refractivity contribution in [3.8, 4) is 11.5 Å². The van der Waals surface area contributed by atoms with Gasteiger partial charge in [-0.15, -0.1) is 0 Å². The summed E-state index contributed by atoms with van der Waals surface area (Å²) in [5.74, 6) is 0.536. The van der Waals surface area contributed by atoms with Gasteiger partial charge in [0.15, 0.2) is 5.58 Å². The van der Waals surface area contributed by atoms with Gasteiger partial charge < -0.3 is 10.2 Å². The van der Waals surface area contributed by atoms with Crippen molar-refractivity contribution in [3.05, 3.63) is 47.0 Å². The minimum Gasteiger partial charge on any atom is -0.436 e. The number of para-hydroxylation sites is 1. The minimum atomic E-state index is 0.536. The van der Waals surface area contributed by atoms with Gasteiger partial charge in [0.1, 0.15) is 5.52 Å². The van der Waals surface area contributed by atoms with Crippen LogP contribution in [0.2, 0.25) is 5.02 Å². The Balaban J connectivity index is 2.22. The van der Waals surface area contributed by atoms with Crippen LogP contribution < -0.4 is 5.73 Å². The molecule has 4 heteroatoms. The number of nitrogens with two attached hydrogens (primary N) is 1. The van der Waals surface area contributed by atoms with E-state index in [0.717, 1.165) is 22.2 Å². The van der Waals surface area contributed by atoms with E-state index in [0.29, 0.717) is 16.6 Å². The first-order valence-corrected chi connectivity index (χ1v) is 5.94. The maximum atomic E-state index is 5.98. The molecule has 0 saturated heterocycles. The van der Waals surface area contributed by atoms with E-state index < -0.39 is 0 Å². The van der Waals surface area contributed by atoms with Crippen LogP contribution in [-0.2, 0) is 0 Å². The topological polar surface area (TPSA) is 52.0 Å². The number of aryl methyl sites for hydroxylation is 1. The lowest BCUT2D eigenvalue weighted by Crippen LogP contribution is -1.86. The SMILES string of the molecule is Cc1cccc2nc(-c3cc(N)cc(Cl)c3)oc12. The van der Waals surface area contributed by atoms with Crippen LogP contribution >= 0.6 is 11.6 Å². The molecular formula is C14H11ClN2O. The standard InChI is InChI=1S/C14H11ClN2O/c1-8-3-2-4-12-13(8)18-14(17-12)9-5-10(15)7-11(16)6-9/h2-7H,16H2,1H3. The summed E-state index contributed by atoms with van der Waals surface area (Å²) in [5, 5.41) is 0.573. The van der Waals surface area contributed by atoms with E-state index in [1.807, 2.05) is 25.1 Å². The van der Waals surface area contributed by atoms with E-state index in [1.54, 1.807) is 18.2 Å². The summed E-state index contributed by atoms with van der Waals surface area (Å²) in [6.07, 6.45) is 0. The van der Waals surface area contributed by atoms with Crippen LogP contribution in [-0.4, -0.2) is 4.98 Å². The Kier molecular flexibility index (Phi) is 2.49. The molecule has 0 unspecified atom stereocenters. The fourth-order valence-electron chi connectivity index (χ4n) is 1.95. The quantitative estimate of drug-likeness (QED) is 0.670. The molecule has 3 rings (SSSR count). The second-order valence-electron chi connectivity index (χ2n) is 4.22. The van der Waals surface area contributed by atoms with Crippen molar-refractivity contribution >= 4 is 28.4 Å². The Bertz CT molecular complexity index is 713. The molecule has 0 aliphatic carbocycles. The minimum absolute atomic E-state index is 0.536. The summed E-state index contributed by atoms with van der Waals surface area (Å²) in [6.45, 7) is 1.99. The number of hydrogen-bond acceptors (Lipinski definition) is 3. The van der Waals surface area contributed by atoms with Crippen LogP contribution in [0.25, 0.3) is 22.6 Å². The average molecular weight is 259 g/mol. The average Bonchev–Trinajstić information content (AvgIpc) is 2.73. The molecule has 90 valence electrons. The summed E-state index contributed by atoms with van der Waals surface area (Å²) in [4.78, 5) is 4.45. The van der Waals surface area contributed by atoms with Gasteiger partial charge in [0, 0.05) is 16.3 Å². The van der Waals surface area contributed by atoms with Crippen LogP contribution in [0.3, 0.4) is 0 Å². The Hall–Kier alpha value is -2.00. The Morgan fingerprint density at radius 3 is 2.78 bits per heavy atom. The number of anilines is 1. The van der Waals surface area contributed by atoms with Gasteiger partial charge in [0.2, 0.25) is 5.89 Å². The molecule has 3 aromatic rings. The molecule has 1 aromatic heterocycles. The van der Waals surface area contributed by atoms with Crippen molar-refractivity contribution in [2.45, 2.75) is 6.92 Å². The molecule has 0 bridgehead atoms. The first-order valence-electron chi connectivity index (χ1n) is 5.56. The number of fused-ring (bicyclic) bond motifs is 1. The van der Waals surface area contributed by atoms with E-state index in [9.17, 15) is 0 Å². The molecule has 2 N–H and O–H groups in total. The van der Waals surface area contributed by atoms with E-state index >= 15 is 0 Å². The van der Waals surface area contributed by atoms with Gasteiger partial charge in [0.05, 0.1) is 0 Å². The van der Waals surface area contributed by atoms with Crippen LogP contribution in [0.4, 0.5) is 5.69 Å². The molecule has 0 aliphatic heterocycles. The largest absolute Gasteiger partial charge is 0.436 e. The Labute approximate surface area is 109 Å². The van der Waals surface area contributed by atoms with Crippen LogP contribution in [0, 0.1) is 6.92 Å². The Morgan fingerprint density at radius 2 is 2.06 bits per heavy atom. The van der Waals surface area contributed by atoms with E-state index in [-0.39, 0.29) is 0 Å². The molecule has 18 heavy (non-hydrogen) atoms. The molecule has 0 fully saturated rings. The first kappa shape index (κ1) is 11.1. The van der Waals surface area contributed by atoms with Crippen molar-refractivity contribution < 1.29 is 4.42 Å². The molecule has 0 aliphatic rings. The maximum absolute atomic E-state index is 5.98. The number of rotatable bonds is 1. The summed E-state index contributed by atoms with van der Waals surface area (Å²) < 4.78 is 5.77. The summed E-state index contributed by atoms with van der Waals surface area (Å²) in [6, 6.07) is 11.1. The lowest BCUT2D eigenvalue weighted by atomic mass is 10.2. The monoisotopic (exact) mass is 258 g/mol. The Morgan fingerprint density at radius 1 is 1.22 bits per heavy atom. The first-order chi connectivity index (χ1) is 8.63.